The normalized spacial score (nSPS) is 12.6. The molecule has 1 aromatic carbocycles. The molecule has 0 bridgehead atoms. The second kappa shape index (κ2) is 6.17. The fourth-order valence-corrected chi connectivity index (χ4v) is 3.16. The van der Waals surface area contributed by atoms with E-state index in [2.05, 4.69) is 61.9 Å². The van der Waals surface area contributed by atoms with Gasteiger partial charge in [0, 0.05) is 10.9 Å². The minimum absolute atomic E-state index is 0.469. The molecular formula is C16H21NS. The molecule has 0 spiro atoms. The molecule has 2 aromatic rings. The molecule has 18 heavy (non-hydrogen) atoms. The Kier molecular flexibility index (Phi) is 4.56. The molecule has 1 heterocycles. The molecule has 0 fully saturated rings. The van der Waals surface area contributed by atoms with E-state index in [1.165, 1.54) is 21.6 Å². The Morgan fingerprint density at radius 3 is 2.67 bits per heavy atom. The van der Waals surface area contributed by atoms with Gasteiger partial charge in [0.2, 0.25) is 0 Å². The topological polar surface area (TPSA) is 12.0 Å². The van der Waals surface area contributed by atoms with E-state index in [0.717, 1.165) is 12.8 Å². The summed E-state index contributed by atoms with van der Waals surface area (Å²) in [5, 5.41) is 5.62. The fourth-order valence-electron chi connectivity index (χ4n) is 2.39. The van der Waals surface area contributed by atoms with Gasteiger partial charge in [-0.25, -0.2) is 0 Å². The Labute approximate surface area is 114 Å². The van der Waals surface area contributed by atoms with Crippen LogP contribution in [0.1, 0.15) is 34.0 Å². The maximum atomic E-state index is 3.44. The lowest BCUT2D eigenvalue weighted by Gasteiger charge is -2.16. The minimum Gasteiger partial charge on any atom is -0.313 e. The SMILES string of the molecule is CNC(CCc1cccc(C)c1)c1ccsc1C. The third-order valence-corrected chi connectivity index (χ3v) is 4.29. The van der Waals surface area contributed by atoms with Gasteiger partial charge in [-0.2, -0.15) is 0 Å². The molecule has 1 aromatic heterocycles. The first-order chi connectivity index (χ1) is 8.70. The number of thiophene rings is 1. The monoisotopic (exact) mass is 259 g/mol. The first-order valence-electron chi connectivity index (χ1n) is 6.47. The first-order valence-corrected chi connectivity index (χ1v) is 7.35. The Morgan fingerprint density at radius 1 is 1.22 bits per heavy atom. The van der Waals surface area contributed by atoms with Crippen LogP contribution in [0.4, 0.5) is 0 Å². The van der Waals surface area contributed by atoms with Gasteiger partial charge in [-0.1, -0.05) is 29.8 Å². The van der Waals surface area contributed by atoms with Gasteiger partial charge in [-0.15, -0.1) is 11.3 Å². The Morgan fingerprint density at radius 2 is 2.06 bits per heavy atom. The van der Waals surface area contributed by atoms with Crippen molar-refractivity contribution in [1.29, 1.82) is 0 Å². The molecule has 0 amide bonds. The van der Waals surface area contributed by atoms with Crippen molar-refractivity contribution in [2.45, 2.75) is 32.7 Å². The van der Waals surface area contributed by atoms with Crippen LogP contribution in [0, 0.1) is 13.8 Å². The zero-order valence-electron chi connectivity index (χ0n) is 11.4. The van der Waals surface area contributed by atoms with Gasteiger partial charge in [0.15, 0.2) is 0 Å². The maximum Gasteiger partial charge on any atom is 0.0331 e. The highest BCUT2D eigenvalue weighted by Crippen LogP contribution is 2.26. The molecule has 96 valence electrons. The minimum atomic E-state index is 0.469. The summed E-state index contributed by atoms with van der Waals surface area (Å²) in [4.78, 5) is 1.43. The average molecular weight is 259 g/mol. The summed E-state index contributed by atoms with van der Waals surface area (Å²) in [5.74, 6) is 0. The van der Waals surface area contributed by atoms with Crippen molar-refractivity contribution in [1.82, 2.24) is 5.32 Å². The predicted octanol–water partition coefficient (Wildman–Crippen LogP) is 4.26. The van der Waals surface area contributed by atoms with E-state index < -0.39 is 0 Å². The van der Waals surface area contributed by atoms with Crippen LogP contribution in [-0.2, 0) is 6.42 Å². The number of aryl methyl sites for hydroxylation is 3. The molecule has 1 nitrogen and oxygen atoms in total. The van der Waals surface area contributed by atoms with Crippen LogP contribution < -0.4 is 5.32 Å². The molecule has 2 rings (SSSR count). The molecule has 0 aliphatic carbocycles. The molecule has 1 unspecified atom stereocenters. The van der Waals surface area contributed by atoms with Crippen molar-refractivity contribution in [2.75, 3.05) is 7.05 Å². The summed E-state index contributed by atoms with van der Waals surface area (Å²) >= 11 is 1.83. The van der Waals surface area contributed by atoms with Gasteiger partial charge in [-0.05, 0) is 56.3 Å². The zero-order valence-corrected chi connectivity index (χ0v) is 12.2. The second-order valence-electron chi connectivity index (χ2n) is 4.80. The van der Waals surface area contributed by atoms with Gasteiger partial charge < -0.3 is 5.32 Å². The van der Waals surface area contributed by atoms with E-state index in [1.807, 2.05) is 11.3 Å². The summed E-state index contributed by atoms with van der Waals surface area (Å²) in [6, 6.07) is 11.5. The van der Waals surface area contributed by atoms with Gasteiger partial charge in [0.05, 0.1) is 0 Å². The third-order valence-electron chi connectivity index (χ3n) is 3.43. The van der Waals surface area contributed by atoms with Gasteiger partial charge in [0.1, 0.15) is 0 Å². The lowest BCUT2D eigenvalue weighted by molar-refractivity contribution is 0.548. The third kappa shape index (κ3) is 3.21. The molecule has 0 radical (unpaired) electrons. The predicted molar refractivity (Wildman–Crippen MR) is 80.4 cm³/mol. The summed E-state index contributed by atoms with van der Waals surface area (Å²) in [6.07, 6.45) is 2.28. The van der Waals surface area contributed by atoms with Crippen LogP contribution in [0.15, 0.2) is 35.7 Å². The van der Waals surface area contributed by atoms with E-state index in [-0.39, 0.29) is 0 Å². The van der Waals surface area contributed by atoms with E-state index in [0.29, 0.717) is 6.04 Å². The quantitative estimate of drug-likeness (QED) is 0.846. The number of hydrogen-bond donors (Lipinski definition) is 1. The molecule has 0 aliphatic rings. The summed E-state index contributed by atoms with van der Waals surface area (Å²) < 4.78 is 0. The average Bonchev–Trinajstić information content (AvgIpc) is 2.77. The molecule has 1 N–H and O–H groups in total. The number of benzene rings is 1. The van der Waals surface area contributed by atoms with Crippen LogP contribution in [0.25, 0.3) is 0 Å². The number of rotatable bonds is 5. The van der Waals surface area contributed by atoms with Crippen molar-refractivity contribution in [3.63, 3.8) is 0 Å². The highest BCUT2D eigenvalue weighted by molar-refractivity contribution is 7.10. The standard InChI is InChI=1S/C16H21NS/c1-12-5-4-6-14(11-12)7-8-16(17-3)15-9-10-18-13(15)2/h4-6,9-11,16-17H,7-8H2,1-3H3. The fraction of sp³-hybridized carbons (Fsp3) is 0.375. The summed E-state index contributed by atoms with van der Waals surface area (Å²) in [5.41, 5.74) is 4.23. The molecule has 2 heteroatoms. The lowest BCUT2D eigenvalue weighted by Crippen LogP contribution is -2.17. The molecule has 0 saturated heterocycles. The van der Waals surface area contributed by atoms with E-state index >= 15 is 0 Å². The van der Waals surface area contributed by atoms with E-state index in [9.17, 15) is 0 Å². The van der Waals surface area contributed by atoms with Crippen LogP contribution in [-0.4, -0.2) is 7.05 Å². The number of hydrogen-bond acceptors (Lipinski definition) is 2. The Balaban J connectivity index is 2.02. The van der Waals surface area contributed by atoms with E-state index in [1.54, 1.807) is 0 Å². The van der Waals surface area contributed by atoms with Crippen LogP contribution in [0.5, 0.6) is 0 Å². The first kappa shape index (κ1) is 13.3. The highest BCUT2D eigenvalue weighted by Gasteiger charge is 2.12. The molecular weight excluding hydrogens is 238 g/mol. The number of nitrogens with one attached hydrogen (secondary N) is 1. The van der Waals surface area contributed by atoms with E-state index in [4.69, 9.17) is 0 Å². The van der Waals surface area contributed by atoms with Crippen LogP contribution >= 0.6 is 11.3 Å². The van der Waals surface area contributed by atoms with Gasteiger partial charge in [0.25, 0.3) is 0 Å². The smallest absolute Gasteiger partial charge is 0.0331 e. The van der Waals surface area contributed by atoms with Gasteiger partial charge in [-0.3, -0.25) is 0 Å². The lowest BCUT2D eigenvalue weighted by atomic mass is 9.99. The largest absolute Gasteiger partial charge is 0.313 e. The zero-order chi connectivity index (χ0) is 13.0. The maximum absolute atomic E-state index is 3.44. The van der Waals surface area contributed by atoms with Crippen LogP contribution in [0.2, 0.25) is 0 Å². The molecule has 0 saturated carbocycles. The van der Waals surface area contributed by atoms with Crippen molar-refractivity contribution in [3.05, 3.63) is 57.3 Å². The summed E-state index contributed by atoms with van der Waals surface area (Å²) in [6.45, 7) is 4.36. The highest BCUT2D eigenvalue weighted by atomic mass is 32.1. The van der Waals surface area contributed by atoms with Crippen molar-refractivity contribution < 1.29 is 0 Å². The Bertz CT molecular complexity index is 501. The Hall–Kier alpha value is -1.12. The van der Waals surface area contributed by atoms with Crippen molar-refractivity contribution in [3.8, 4) is 0 Å². The van der Waals surface area contributed by atoms with Crippen molar-refractivity contribution in [2.24, 2.45) is 0 Å². The summed E-state index contributed by atoms with van der Waals surface area (Å²) in [7, 11) is 2.05. The molecule has 1 atom stereocenters. The molecule has 0 aliphatic heterocycles. The van der Waals surface area contributed by atoms with Crippen molar-refractivity contribution >= 4 is 11.3 Å². The van der Waals surface area contributed by atoms with Crippen LogP contribution in [0.3, 0.4) is 0 Å². The van der Waals surface area contributed by atoms with Gasteiger partial charge >= 0.3 is 0 Å². The second-order valence-corrected chi connectivity index (χ2v) is 5.92.